The molecule has 0 aliphatic rings. The Morgan fingerprint density at radius 2 is 1.69 bits per heavy atom. The standard InChI is InChI=1S/C10H7F.C8H10AsNO5/c11-10-7-3-5-8-4-1-2-6-9(8)10;1-5(11)10-7-4-6(9(13,14)15)2-3-8(7)12/h1-7H;2-4,12H,1H3,(H,10,11)(H2,13,14,15). The molecule has 0 aliphatic heterocycles. The van der Waals surface area contributed by atoms with E-state index in [0.717, 1.165) is 23.6 Å². The first-order valence-electron chi connectivity index (χ1n) is 7.48. The molecule has 4 N–H and O–H groups in total. The topological polar surface area (TPSA) is 107 Å². The molecule has 0 bridgehead atoms. The molecular formula is C18H17AsFNO5. The van der Waals surface area contributed by atoms with Crippen LogP contribution in [0.3, 0.4) is 0 Å². The quantitative estimate of drug-likeness (QED) is 0.374. The number of anilines is 1. The van der Waals surface area contributed by atoms with E-state index in [1.807, 2.05) is 24.3 Å². The van der Waals surface area contributed by atoms with Crippen molar-refractivity contribution in [3.05, 3.63) is 66.5 Å². The van der Waals surface area contributed by atoms with E-state index in [1.54, 1.807) is 12.1 Å². The van der Waals surface area contributed by atoms with Crippen LogP contribution in [0.5, 0.6) is 5.75 Å². The summed E-state index contributed by atoms with van der Waals surface area (Å²) in [5.74, 6) is -0.818. The van der Waals surface area contributed by atoms with E-state index in [4.69, 9.17) is 8.19 Å². The summed E-state index contributed by atoms with van der Waals surface area (Å²) in [4.78, 5) is 10.7. The van der Waals surface area contributed by atoms with Crippen LogP contribution in [0.15, 0.2) is 60.7 Å². The van der Waals surface area contributed by atoms with Gasteiger partial charge in [-0.2, -0.15) is 0 Å². The van der Waals surface area contributed by atoms with Gasteiger partial charge in [0.05, 0.1) is 0 Å². The predicted molar refractivity (Wildman–Crippen MR) is 96.8 cm³/mol. The predicted octanol–water partition coefficient (Wildman–Crippen LogP) is 1.89. The van der Waals surface area contributed by atoms with Gasteiger partial charge in [0.25, 0.3) is 0 Å². The SMILES string of the molecule is CC(=O)Nc1cc([As](=O)(O)O)ccc1O.Fc1cccc2ccccc12. The van der Waals surface area contributed by atoms with Gasteiger partial charge in [0.2, 0.25) is 0 Å². The number of hydrogen-bond acceptors (Lipinski definition) is 3. The normalized spacial score (nSPS) is 10.8. The molecule has 0 spiro atoms. The molecule has 0 radical (unpaired) electrons. The van der Waals surface area contributed by atoms with Crippen LogP contribution < -0.4 is 9.67 Å². The molecule has 6 nitrogen and oxygen atoms in total. The molecule has 8 heteroatoms. The monoisotopic (exact) mass is 421 g/mol. The molecule has 0 saturated heterocycles. The van der Waals surface area contributed by atoms with Crippen molar-refractivity contribution in [2.75, 3.05) is 5.32 Å². The van der Waals surface area contributed by atoms with Crippen LogP contribution >= 0.6 is 0 Å². The van der Waals surface area contributed by atoms with Gasteiger partial charge in [0.1, 0.15) is 5.82 Å². The molecule has 3 rings (SSSR count). The van der Waals surface area contributed by atoms with Gasteiger partial charge in [-0.15, -0.1) is 0 Å². The first kappa shape index (κ1) is 19.7. The van der Waals surface area contributed by atoms with Gasteiger partial charge in [0.15, 0.2) is 0 Å². The Labute approximate surface area is 151 Å². The van der Waals surface area contributed by atoms with Gasteiger partial charge < -0.3 is 0 Å². The van der Waals surface area contributed by atoms with Crippen LogP contribution in [0.25, 0.3) is 10.8 Å². The minimum atomic E-state index is -4.98. The Morgan fingerprint density at radius 1 is 1.04 bits per heavy atom. The molecule has 26 heavy (non-hydrogen) atoms. The molecule has 0 heterocycles. The van der Waals surface area contributed by atoms with Crippen LogP contribution in [-0.2, 0) is 8.53 Å². The molecule has 0 unspecified atom stereocenters. The van der Waals surface area contributed by atoms with Crippen molar-refractivity contribution in [2.24, 2.45) is 0 Å². The number of rotatable bonds is 2. The third-order valence-electron chi connectivity index (χ3n) is 3.36. The molecule has 1 amide bonds. The van der Waals surface area contributed by atoms with Gasteiger partial charge in [0, 0.05) is 5.39 Å². The largest absolute Gasteiger partial charge is 0.206 e. The number of amides is 1. The number of halogens is 1. The Hall–Kier alpha value is -2.60. The Bertz CT molecular complexity index is 981. The smallest absolute Gasteiger partial charge is 0.131 e. The summed E-state index contributed by atoms with van der Waals surface area (Å²) >= 11 is -4.98. The van der Waals surface area contributed by atoms with Gasteiger partial charge in [-0.25, -0.2) is 4.39 Å². The minimum Gasteiger partial charge on any atom is -0.206 e. The molecule has 3 aromatic carbocycles. The number of aromatic hydroxyl groups is 1. The Morgan fingerprint density at radius 3 is 2.31 bits per heavy atom. The van der Waals surface area contributed by atoms with Crippen molar-refractivity contribution >= 4 is 40.9 Å². The summed E-state index contributed by atoms with van der Waals surface area (Å²) in [5.41, 5.74) is -0.00951. The number of fused-ring (bicyclic) bond motifs is 1. The van der Waals surface area contributed by atoms with Crippen LogP contribution in [0.4, 0.5) is 10.1 Å². The van der Waals surface area contributed by atoms with Crippen LogP contribution in [0, 0.1) is 5.82 Å². The Kier molecular flexibility index (Phi) is 6.21. The van der Waals surface area contributed by atoms with Crippen molar-refractivity contribution < 1.29 is 26.2 Å². The molecule has 0 aliphatic carbocycles. The minimum absolute atomic E-state index is 0.00951. The van der Waals surface area contributed by atoms with Gasteiger partial charge in [-0.05, 0) is 11.5 Å². The van der Waals surface area contributed by atoms with Crippen molar-refractivity contribution in [1.29, 1.82) is 0 Å². The Balaban J connectivity index is 0.000000195. The zero-order valence-electron chi connectivity index (χ0n) is 13.8. The van der Waals surface area contributed by atoms with E-state index >= 15 is 0 Å². The first-order valence-corrected chi connectivity index (χ1v) is 10.9. The molecular weight excluding hydrogens is 404 g/mol. The van der Waals surface area contributed by atoms with E-state index < -0.39 is 20.1 Å². The summed E-state index contributed by atoms with van der Waals surface area (Å²) in [5, 5.41) is 13.2. The van der Waals surface area contributed by atoms with Crippen molar-refractivity contribution in [2.45, 2.75) is 6.92 Å². The van der Waals surface area contributed by atoms with Crippen LogP contribution in [0.1, 0.15) is 6.92 Å². The number of phenols is 1. The molecule has 3 aromatic rings. The average Bonchev–Trinajstić information content (AvgIpc) is 2.57. The fraction of sp³-hybridized carbons (Fsp3) is 0.0556. The molecule has 0 aromatic heterocycles. The summed E-state index contributed by atoms with van der Waals surface area (Å²) in [7, 11) is 0. The number of phenolic OH excluding ortho intramolecular Hbond substituents is 1. The molecule has 0 atom stereocenters. The maximum absolute atomic E-state index is 13.0. The number of hydrogen-bond donors (Lipinski definition) is 4. The maximum atomic E-state index is 13.0. The molecule has 0 saturated carbocycles. The van der Waals surface area contributed by atoms with Gasteiger partial charge in [-0.1, -0.05) is 36.4 Å². The van der Waals surface area contributed by atoms with Crippen molar-refractivity contribution in [3.63, 3.8) is 0 Å². The zero-order chi connectivity index (χ0) is 19.3. The van der Waals surface area contributed by atoms with E-state index in [2.05, 4.69) is 5.32 Å². The fourth-order valence-electron chi connectivity index (χ4n) is 2.18. The molecule has 0 fully saturated rings. The fourth-order valence-corrected chi connectivity index (χ4v) is 3.37. The molecule has 136 valence electrons. The number of carbonyl (C=O) groups excluding carboxylic acids is 1. The van der Waals surface area contributed by atoms with E-state index in [-0.39, 0.29) is 21.6 Å². The first-order chi connectivity index (χ1) is 12.2. The number of nitrogens with one attached hydrogen (secondary N) is 1. The van der Waals surface area contributed by atoms with Crippen LogP contribution in [0.2, 0.25) is 0 Å². The zero-order valence-corrected chi connectivity index (χ0v) is 15.6. The average molecular weight is 421 g/mol. The number of carbonyl (C=O) groups is 1. The van der Waals surface area contributed by atoms with Gasteiger partial charge >= 0.3 is 88.1 Å². The number of benzene rings is 3. The summed E-state index contributed by atoms with van der Waals surface area (Å²) < 4.78 is 41.6. The van der Waals surface area contributed by atoms with E-state index in [1.165, 1.54) is 13.0 Å². The second-order valence-corrected chi connectivity index (χ2v) is 8.75. The van der Waals surface area contributed by atoms with Crippen LogP contribution in [-0.4, -0.2) is 33.4 Å². The summed E-state index contributed by atoms with van der Waals surface area (Å²) in [6, 6.07) is 15.8. The van der Waals surface area contributed by atoms with E-state index in [0.29, 0.717) is 5.39 Å². The van der Waals surface area contributed by atoms with Crippen molar-refractivity contribution in [3.8, 4) is 5.75 Å². The van der Waals surface area contributed by atoms with Gasteiger partial charge in [-0.3, -0.25) is 0 Å². The second kappa shape index (κ2) is 8.18. The maximum Gasteiger partial charge on any atom is 0.131 e. The third kappa shape index (κ3) is 5.20. The second-order valence-electron chi connectivity index (χ2n) is 5.39. The van der Waals surface area contributed by atoms with E-state index in [9.17, 15) is 18.0 Å². The summed E-state index contributed by atoms with van der Waals surface area (Å²) in [6.45, 7) is 1.23. The third-order valence-corrected chi connectivity index (χ3v) is 5.36. The van der Waals surface area contributed by atoms with Crippen molar-refractivity contribution in [1.82, 2.24) is 0 Å². The summed E-state index contributed by atoms with van der Waals surface area (Å²) in [6.07, 6.45) is 0.